The van der Waals surface area contributed by atoms with Crippen LogP contribution in [0.1, 0.15) is 33.6 Å². The second-order valence-electron chi connectivity index (χ2n) is 9.52. The van der Waals surface area contributed by atoms with Crippen LogP contribution >= 0.6 is 0 Å². The molecule has 2 heterocycles. The summed E-state index contributed by atoms with van der Waals surface area (Å²) >= 11 is 0. The van der Waals surface area contributed by atoms with Gasteiger partial charge in [-0.15, -0.1) is 0 Å². The van der Waals surface area contributed by atoms with E-state index < -0.39 is 17.9 Å². The monoisotopic (exact) mass is 526 g/mol. The van der Waals surface area contributed by atoms with Crippen molar-refractivity contribution in [3.05, 3.63) is 65.5 Å². The van der Waals surface area contributed by atoms with E-state index in [1.165, 1.54) is 24.3 Å². The van der Waals surface area contributed by atoms with Gasteiger partial charge < -0.3 is 29.5 Å². The van der Waals surface area contributed by atoms with E-state index in [0.29, 0.717) is 56.1 Å². The van der Waals surface area contributed by atoms with E-state index in [4.69, 9.17) is 9.47 Å². The Morgan fingerprint density at radius 1 is 1.00 bits per heavy atom. The SMILES string of the molecule is COCCN(C(=O)c1ccc(OC)cc1)C1CC(C(=O)N2CCCNCC2)N(C(=O)c2ccc(F)cc2)C1. The second kappa shape index (κ2) is 12.8. The zero-order chi connectivity index (χ0) is 27.1. The van der Waals surface area contributed by atoms with Crippen molar-refractivity contribution in [3.8, 4) is 5.75 Å². The summed E-state index contributed by atoms with van der Waals surface area (Å²) < 4.78 is 24.0. The van der Waals surface area contributed by atoms with Crippen molar-refractivity contribution >= 4 is 17.7 Å². The summed E-state index contributed by atoms with van der Waals surface area (Å²) in [6.07, 6.45) is 1.13. The normalized spacial score (nSPS) is 19.7. The number of rotatable bonds is 8. The van der Waals surface area contributed by atoms with Gasteiger partial charge in [0, 0.05) is 51.0 Å². The molecule has 3 amide bonds. The summed E-state index contributed by atoms with van der Waals surface area (Å²) in [4.78, 5) is 46.0. The fourth-order valence-corrected chi connectivity index (χ4v) is 5.07. The molecule has 2 fully saturated rings. The number of carbonyl (C=O) groups excluding carboxylic acids is 3. The topological polar surface area (TPSA) is 91.4 Å². The summed E-state index contributed by atoms with van der Waals surface area (Å²) in [5.41, 5.74) is 0.777. The van der Waals surface area contributed by atoms with Crippen molar-refractivity contribution in [2.24, 2.45) is 0 Å². The highest BCUT2D eigenvalue weighted by atomic mass is 19.1. The van der Waals surface area contributed by atoms with Gasteiger partial charge in [-0.2, -0.15) is 0 Å². The Kier molecular flexibility index (Phi) is 9.30. The molecular formula is C28H35FN4O5. The molecule has 2 saturated heterocycles. The first-order valence-corrected chi connectivity index (χ1v) is 12.9. The van der Waals surface area contributed by atoms with Crippen molar-refractivity contribution in [3.63, 3.8) is 0 Å². The van der Waals surface area contributed by atoms with E-state index in [2.05, 4.69) is 5.32 Å². The first-order chi connectivity index (χ1) is 18.4. The fraction of sp³-hybridized carbons (Fsp3) is 0.464. The summed E-state index contributed by atoms with van der Waals surface area (Å²) in [7, 11) is 3.12. The highest BCUT2D eigenvalue weighted by Gasteiger charge is 2.44. The highest BCUT2D eigenvalue weighted by Crippen LogP contribution is 2.28. The Labute approximate surface area is 222 Å². The van der Waals surface area contributed by atoms with Crippen molar-refractivity contribution in [1.29, 1.82) is 0 Å². The maximum Gasteiger partial charge on any atom is 0.254 e. The number of amides is 3. The van der Waals surface area contributed by atoms with Crippen LogP contribution in [0.3, 0.4) is 0 Å². The molecule has 2 unspecified atom stereocenters. The van der Waals surface area contributed by atoms with Crippen LogP contribution in [-0.2, 0) is 9.53 Å². The molecule has 0 bridgehead atoms. The minimum absolute atomic E-state index is 0.129. The van der Waals surface area contributed by atoms with E-state index in [0.717, 1.165) is 13.0 Å². The summed E-state index contributed by atoms with van der Waals surface area (Å²) in [6.45, 7) is 3.46. The summed E-state index contributed by atoms with van der Waals surface area (Å²) in [5.74, 6) is -0.505. The molecule has 204 valence electrons. The van der Waals surface area contributed by atoms with Crippen LogP contribution in [0.25, 0.3) is 0 Å². The van der Waals surface area contributed by atoms with Crippen LogP contribution in [0.2, 0.25) is 0 Å². The van der Waals surface area contributed by atoms with Gasteiger partial charge in [-0.1, -0.05) is 0 Å². The second-order valence-corrected chi connectivity index (χ2v) is 9.52. The van der Waals surface area contributed by atoms with E-state index in [1.54, 1.807) is 53.2 Å². The van der Waals surface area contributed by atoms with Crippen molar-refractivity contribution in [1.82, 2.24) is 20.0 Å². The number of nitrogens with one attached hydrogen (secondary N) is 1. The van der Waals surface area contributed by atoms with Gasteiger partial charge in [0.15, 0.2) is 0 Å². The molecule has 0 aromatic heterocycles. The van der Waals surface area contributed by atoms with Gasteiger partial charge >= 0.3 is 0 Å². The number of halogens is 1. The molecule has 2 aliphatic rings. The Morgan fingerprint density at radius 3 is 2.39 bits per heavy atom. The summed E-state index contributed by atoms with van der Waals surface area (Å²) in [5, 5.41) is 3.29. The number of benzene rings is 2. The van der Waals surface area contributed by atoms with Gasteiger partial charge in [-0.25, -0.2) is 4.39 Å². The standard InChI is InChI=1S/C28H35FN4O5/c1-37-17-16-32(26(34)21-6-10-24(38-2)11-7-21)23-18-25(28(36)31-14-3-12-30-13-15-31)33(19-23)27(35)20-4-8-22(29)9-5-20/h4-11,23,25,30H,3,12-19H2,1-2H3. The molecule has 0 radical (unpaired) electrons. The number of methoxy groups -OCH3 is 2. The van der Waals surface area contributed by atoms with E-state index in [1.807, 2.05) is 0 Å². The van der Waals surface area contributed by atoms with Gasteiger partial charge in [0.25, 0.3) is 11.8 Å². The van der Waals surface area contributed by atoms with Gasteiger partial charge in [0.1, 0.15) is 17.6 Å². The zero-order valence-corrected chi connectivity index (χ0v) is 21.9. The van der Waals surface area contributed by atoms with Crippen molar-refractivity contribution in [2.75, 3.05) is 60.1 Å². The maximum absolute atomic E-state index is 13.7. The minimum atomic E-state index is -0.732. The molecule has 0 aliphatic carbocycles. The highest BCUT2D eigenvalue weighted by molar-refractivity contribution is 5.99. The predicted molar refractivity (Wildman–Crippen MR) is 140 cm³/mol. The third kappa shape index (κ3) is 6.31. The van der Waals surface area contributed by atoms with Crippen LogP contribution in [0.4, 0.5) is 4.39 Å². The molecule has 2 aromatic carbocycles. The Balaban J connectivity index is 1.63. The molecule has 2 aliphatic heterocycles. The van der Waals surface area contributed by atoms with Crippen LogP contribution in [0, 0.1) is 5.82 Å². The molecule has 38 heavy (non-hydrogen) atoms. The average molecular weight is 527 g/mol. The van der Waals surface area contributed by atoms with E-state index in [9.17, 15) is 18.8 Å². The molecule has 0 spiro atoms. The first kappa shape index (κ1) is 27.5. The van der Waals surface area contributed by atoms with Crippen molar-refractivity contribution < 1.29 is 28.2 Å². The van der Waals surface area contributed by atoms with Crippen molar-refractivity contribution in [2.45, 2.75) is 24.9 Å². The largest absolute Gasteiger partial charge is 0.497 e. The lowest BCUT2D eigenvalue weighted by atomic mass is 10.1. The molecule has 2 atom stereocenters. The zero-order valence-electron chi connectivity index (χ0n) is 21.9. The van der Waals surface area contributed by atoms with E-state index >= 15 is 0 Å². The van der Waals surface area contributed by atoms with Crippen LogP contribution in [-0.4, -0.2) is 105 Å². The van der Waals surface area contributed by atoms with Crippen LogP contribution in [0.5, 0.6) is 5.75 Å². The number of nitrogens with zero attached hydrogens (tertiary/aromatic N) is 3. The van der Waals surface area contributed by atoms with Gasteiger partial charge in [0.05, 0.1) is 19.8 Å². The molecule has 10 heteroatoms. The van der Waals surface area contributed by atoms with Gasteiger partial charge in [-0.05, 0) is 67.9 Å². The predicted octanol–water partition coefficient (Wildman–Crippen LogP) is 2.03. The number of hydrogen-bond acceptors (Lipinski definition) is 6. The molecule has 4 rings (SSSR count). The molecule has 2 aromatic rings. The first-order valence-electron chi connectivity index (χ1n) is 12.9. The quantitative estimate of drug-likeness (QED) is 0.566. The Bertz CT molecular complexity index is 1100. The average Bonchev–Trinajstić information content (AvgIpc) is 3.19. The van der Waals surface area contributed by atoms with E-state index in [-0.39, 0.29) is 24.3 Å². The molecular weight excluding hydrogens is 491 g/mol. The maximum atomic E-state index is 13.7. The van der Waals surface area contributed by atoms with Crippen LogP contribution < -0.4 is 10.1 Å². The van der Waals surface area contributed by atoms with Gasteiger partial charge in [-0.3, -0.25) is 14.4 Å². The van der Waals surface area contributed by atoms with Gasteiger partial charge in [0.2, 0.25) is 5.91 Å². The molecule has 1 N–H and O–H groups in total. The third-order valence-corrected chi connectivity index (χ3v) is 7.14. The van der Waals surface area contributed by atoms with Crippen LogP contribution in [0.15, 0.2) is 48.5 Å². The lowest BCUT2D eigenvalue weighted by Gasteiger charge is -2.29. The third-order valence-electron chi connectivity index (χ3n) is 7.14. The minimum Gasteiger partial charge on any atom is -0.497 e. The smallest absolute Gasteiger partial charge is 0.254 e. The fourth-order valence-electron chi connectivity index (χ4n) is 5.07. The lowest BCUT2D eigenvalue weighted by Crippen LogP contribution is -2.48. The number of ether oxygens (including phenoxy) is 2. The Morgan fingerprint density at radius 2 is 1.71 bits per heavy atom. The number of likely N-dealkylation sites (tertiary alicyclic amines) is 1. The number of carbonyl (C=O) groups is 3. The molecule has 0 saturated carbocycles. The Hall–Kier alpha value is -3.50. The lowest BCUT2D eigenvalue weighted by molar-refractivity contribution is -0.135. The molecule has 9 nitrogen and oxygen atoms in total. The summed E-state index contributed by atoms with van der Waals surface area (Å²) in [6, 6.07) is 11.0. The number of hydrogen-bond donors (Lipinski definition) is 1.